The molecule has 0 saturated carbocycles. The molecule has 0 bridgehead atoms. The first-order chi connectivity index (χ1) is 9.92. The normalized spacial score (nSPS) is 11.3. The number of rotatable bonds is 9. The Hall–Kier alpha value is -1.71. The molecule has 0 fully saturated rings. The number of anilines is 1. The van der Waals surface area contributed by atoms with Crippen LogP contribution in [0.4, 0.5) is 11.4 Å². The molecule has 8 nitrogen and oxygen atoms in total. The maximum Gasteiger partial charge on any atom is 0.291 e. The molecule has 1 aromatic carbocycles. The molecule has 0 aliphatic heterocycles. The Morgan fingerprint density at radius 2 is 2.00 bits per heavy atom. The summed E-state index contributed by atoms with van der Waals surface area (Å²) in [6.07, 6.45) is 3.69. The zero-order chi connectivity index (χ0) is 15.9. The van der Waals surface area contributed by atoms with Gasteiger partial charge < -0.3 is 5.43 Å². The van der Waals surface area contributed by atoms with E-state index in [1.807, 2.05) is 0 Å². The molecule has 118 valence electrons. The SMILES string of the molecule is CCCCCCNS(=O)(=O)c1ccc(NN)cc1[N+](=O)[O-]. The third kappa shape index (κ3) is 4.96. The predicted molar refractivity (Wildman–Crippen MR) is 80.2 cm³/mol. The number of sulfonamides is 1. The van der Waals surface area contributed by atoms with Crippen molar-refractivity contribution in [1.29, 1.82) is 0 Å². The quantitative estimate of drug-likeness (QED) is 0.275. The third-order valence-corrected chi connectivity index (χ3v) is 4.44. The third-order valence-electron chi connectivity index (χ3n) is 2.93. The van der Waals surface area contributed by atoms with Crippen molar-refractivity contribution < 1.29 is 13.3 Å². The van der Waals surface area contributed by atoms with Crippen molar-refractivity contribution >= 4 is 21.4 Å². The van der Waals surface area contributed by atoms with Crippen molar-refractivity contribution in [1.82, 2.24) is 4.72 Å². The van der Waals surface area contributed by atoms with Crippen molar-refractivity contribution in [3.05, 3.63) is 28.3 Å². The van der Waals surface area contributed by atoms with Gasteiger partial charge in [-0.3, -0.25) is 16.0 Å². The Kier molecular flexibility index (Phi) is 6.53. The molecular weight excluding hydrogens is 296 g/mol. The van der Waals surface area contributed by atoms with Crippen LogP contribution in [0.1, 0.15) is 32.6 Å². The van der Waals surface area contributed by atoms with E-state index < -0.39 is 20.6 Å². The molecule has 9 heteroatoms. The molecule has 0 atom stereocenters. The minimum Gasteiger partial charge on any atom is -0.324 e. The molecule has 0 unspecified atom stereocenters. The van der Waals surface area contributed by atoms with E-state index in [-0.39, 0.29) is 17.1 Å². The molecule has 0 spiro atoms. The Morgan fingerprint density at radius 1 is 1.29 bits per heavy atom. The van der Waals surface area contributed by atoms with Crippen molar-refractivity contribution in [2.75, 3.05) is 12.0 Å². The summed E-state index contributed by atoms with van der Waals surface area (Å²) in [4.78, 5) is 9.89. The van der Waals surface area contributed by atoms with Gasteiger partial charge in [0.1, 0.15) is 0 Å². The van der Waals surface area contributed by atoms with Crippen LogP contribution >= 0.6 is 0 Å². The molecule has 1 aromatic rings. The first-order valence-corrected chi connectivity index (χ1v) is 8.15. The lowest BCUT2D eigenvalue weighted by Gasteiger charge is -2.08. The summed E-state index contributed by atoms with van der Waals surface area (Å²) >= 11 is 0. The molecule has 0 saturated heterocycles. The molecule has 0 aliphatic carbocycles. The zero-order valence-electron chi connectivity index (χ0n) is 11.8. The number of unbranched alkanes of at least 4 members (excludes halogenated alkanes) is 3. The van der Waals surface area contributed by atoms with Crippen molar-refractivity contribution in [3.63, 3.8) is 0 Å². The summed E-state index contributed by atoms with van der Waals surface area (Å²) in [6.45, 7) is 2.32. The topological polar surface area (TPSA) is 127 Å². The lowest BCUT2D eigenvalue weighted by molar-refractivity contribution is -0.387. The Labute approximate surface area is 123 Å². The summed E-state index contributed by atoms with van der Waals surface area (Å²) in [7, 11) is -3.91. The van der Waals surface area contributed by atoms with Gasteiger partial charge in [0.25, 0.3) is 5.69 Å². The zero-order valence-corrected chi connectivity index (χ0v) is 12.6. The standard InChI is InChI=1S/C12H20N4O4S/c1-2-3-4-5-8-14-21(19,20)12-7-6-10(15-13)9-11(12)16(17)18/h6-7,9,14-15H,2-5,8,13H2,1H3. The fraction of sp³-hybridized carbons (Fsp3) is 0.500. The average Bonchev–Trinajstić information content (AvgIpc) is 2.46. The summed E-state index contributed by atoms with van der Waals surface area (Å²) in [5.41, 5.74) is 2.01. The summed E-state index contributed by atoms with van der Waals surface area (Å²) in [6, 6.07) is 3.63. The van der Waals surface area contributed by atoms with E-state index >= 15 is 0 Å². The van der Waals surface area contributed by atoms with Gasteiger partial charge in [0.2, 0.25) is 10.0 Å². The number of hydrogen-bond acceptors (Lipinski definition) is 6. The lowest BCUT2D eigenvalue weighted by Crippen LogP contribution is -2.25. The number of nitrogens with zero attached hydrogens (tertiary/aromatic N) is 1. The molecule has 0 aliphatic rings. The van der Waals surface area contributed by atoms with Gasteiger partial charge in [0.05, 0.1) is 10.6 Å². The van der Waals surface area contributed by atoms with Gasteiger partial charge in [0, 0.05) is 12.6 Å². The summed E-state index contributed by atoms with van der Waals surface area (Å²) in [5, 5.41) is 11.0. The van der Waals surface area contributed by atoms with E-state index in [0.29, 0.717) is 6.42 Å². The fourth-order valence-electron chi connectivity index (χ4n) is 1.81. The fourth-order valence-corrected chi connectivity index (χ4v) is 3.04. The maximum absolute atomic E-state index is 12.1. The second-order valence-corrected chi connectivity index (χ2v) is 6.28. The molecule has 0 aromatic heterocycles. The lowest BCUT2D eigenvalue weighted by atomic mass is 10.2. The van der Waals surface area contributed by atoms with E-state index in [2.05, 4.69) is 17.1 Å². The molecule has 0 amide bonds. The number of nitro groups is 1. The van der Waals surface area contributed by atoms with Crippen LogP contribution in [0.25, 0.3) is 0 Å². The second kappa shape index (κ2) is 7.91. The maximum atomic E-state index is 12.1. The monoisotopic (exact) mass is 316 g/mol. The number of nitrogens with one attached hydrogen (secondary N) is 2. The molecule has 1 rings (SSSR count). The van der Waals surface area contributed by atoms with Crippen LogP contribution < -0.4 is 16.0 Å². The van der Waals surface area contributed by atoms with Crippen LogP contribution in [-0.2, 0) is 10.0 Å². The smallest absolute Gasteiger partial charge is 0.291 e. The van der Waals surface area contributed by atoms with Crippen LogP contribution in [0.2, 0.25) is 0 Å². The van der Waals surface area contributed by atoms with E-state index in [1.54, 1.807) is 0 Å². The highest BCUT2D eigenvalue weighted by atomic mass is 32.2. The van der Waals surface area contributed by atoms with E-state index in [4.69, 9.17) is 5.84 Å². The van der Waals surface area contributed by atoms with Crippen molar-refractivity contribution in [3.8, 4) is 0 Å². The van der Waals surface area contributed by atoms with Gasteiger partial charge in [-0.15, -0.1) is 0 Å². The van der Waals surface area contributed by atoms with Crippen molar-refractivity contribution in [2.24, 2.45) is 5.84 Å². The highest BCUT2D eigenvalue weighted by Gasteiger charge is 2.25. The Bertz CT molecular complexity index is 589. The predicted octanol–water partition coefficient (Wildman–Crippen LogP) is 1.74. The number of nitrogens with two attached hydrogens (primary N) is 1. The minimum absolute atomic E-state index is 0.260. The second-order valence-electron chi connectivity index (χ2n) is 4.54. The van der Waals surface area contributed by atoms with Gasteiger partial charge in [-0.2, -0.15) is 0 Å². The highest BCUT2D eigenvalue weighted by Crippen LogP contribution is 2.26. The molecule has 21 heavy (non-hydrogen) atoms. The van der Waals surface area contributed by atoms with Crippen LogP contribution in [0.15, 0.2) is 23.1 Å². The van der Waals surface area contributed by atoms with Gasteiger partial charge in [-0.05, 0) is 18.6 Å². The molecular formula is C12H20N4O4S. The average molecular weight is 316 g/mol. The number of nitrogen functional groups attached to an aromatic ring is 1. The molecule has 0 radical (unpaired) electrons. The highest BCUT2D eigenvalue weighted by molar-refractivity contribution is 7.89. The summed E-state index contributed by atoms with van der Waals surface area (Å²) in [5.74, 6) is 5.17. The molecule has 0 heterocycles. The number of benzene rings is 1. The Balaban J connectivity index is 2.89. The van der Waals surface area contributed by atoms with Crippen LogP contribution in [-0.4, -0.2) is 19.9 Å². The van der Waals surface area contributed by atoms with E-state index in [1.165, 1.54) is 12.1 Å². The van der Waals surface area contributed by atoms with Gasteiger partial charge in [-0.1, -0.05) is 26.2 Å². The van der Waals surface area contributed by atoms with Gasteiger partial charge in [0.15, 0.2) is 4.90 Å². The van der Waals surface area contributed by atoms with E-state index in [0.717, 1.165) is 25.3 Å². The first-order valence-electron chi connectivity index (χ1n) is 6.67. The number of hydrazine groups is 1. The van der Waals surface area contributed by atoms with Crippen LogP contribution in [0, 0.1) is 10.1 Å². The van der Waals surface area contributed by atoms with Crippen molar-refractivity contribution in [2.45, 2.75) is 37.5 Å². The number of hydrogen-bond donors (Lipinski definition) is 3. The van der Waals surface area contributed by atoms with Gasteiger partial charge in [-0.25, -0.2) is 13.1 Å². The minimum atomic E-state index is -3.91. The number of nitro benzene ring substituents is 1. The van der Waals surface area contributed by atoms with Crippen LogP contribution in [0.5, 0.6) is 0 Å². The summed E-state index contributed by atoms with van der Waals surface area (Å²) < 4.78 is 26.6. The van der Waals surface area contributed by atoms with E-state index in [9.17, 15) is 18.5 Å². The first kappa shape index (κ1) is 17.3. The Morgan fingerprint density at radius 3 is 2.57 bits per heavy atom. The van der Waals surface area contributed by atoms with Crippen LogP contribution in [0.3, 0.4) is 0 Å². The largest absolute Gasteiger partial charge is 0.324 e. The molecule has 4 N–H and O–H groups in total. The van der Waals surface area contributed by atoms with Gasteiger partial charge >= 0.3 is 0 Å².